The average Bonchev–Trinajstić information content (AvgIpc) is 2.54. The van der Waals surface area contributed by atoms with Crippen LogP contribution in [0.15, 0.2) is 0 Å². The van der Waals surface area contributed by atoms with Gasteiger partial charge in [0.25, 0.3) is 0 Å². The van der Waals surface area contributed by atoms with E-state index in [9.17, 15) is 9.59 Å². The predicted octanol–water partition coefficient (Wildman–Crippen LogP) is 2.17. The molecule has 2 saturated heterocycles. The number of carbonyl (C=O) groups excluding carboxylic acids is 2. The second-order valence-corrected chi connectivity index (χ2v) is 7.50. The van der Waals surface area contributed by atoms with Crippen LogP contribution in [0.2, 0.25) is 0 Å². The summed E-state index contributed by atoms with van der Waals surface area (Å²) < 4.78 is 0. The fourth-order valence-corrected chi connectivity index (χ4v) is 3.88. The second-order valence-electron chi connectivity index (χ2n) is 7.50. The van der Waals surface area contributed by atoms with Gasteiger partial charge in [0.15, 0.2) is 0 Å². The van der Waals surface area contributed by atoms with E-state index in [1.807, 2.05) is 13.8 Å². The summed E-state index contributed by atoms with van der Waals surface area (Å²) in [6.07, 6.45) is 4.90. The highest BCUT2D eigenvalue weighted by Gasteiger charge is 2.31. The number of Topliss-reactive ketones (excluding diaryl/α,β-unsaturated/α-hetero) is 2. The fraction of sp³-hybridized carbons (Fsp3) is 0.889. The molecule has 0 aromatic heterocycles. The average molecular weight is 308 g/mol. The lowest BCUT2D eigenvalue weighted by molar-refractivity contribution is -0.128. The monoisotopic (exact) mass is 308 g/mol. The van der Waals surface area contributed by atoms with Crippen LogP contribution in [0, 0.1) is 23.7 Å². The third-order valence-corrected chi connectivity index (χ3v) is 5.35. The molecule has 0 amide bonds. The number of piperidine rings is 2. The Morgan fingerprint density at radius 2 is 1.64 bits per heavy atom. The zero-order valence-electron chi connectivity index (χ0n) is 14.4. The van der Waals surface area contributed by atoms with Crippen LogP contribution in [0.5, 0.6) is 0 Å². The van der Waals surface area contributed by atoms with Gasteiger partial charge in [-0.1, -0.05) is 20.8 Å². The molecule has 0 spiro atoms. The van der Waals surface area contributed by atoms with E-state index in [2.05, 4.69) is 17.6 Å². The summed E-state index contributed by atoms with van der Waals surface area (Å²) >= 11 is 0. The van der Waals surface area contributed by atoms with Crippen LogP contribution in [0.25, 0.3) is 0 Å². The Bertz CT molecular complexity index is 381. The lowest BCUT2D eigenvalue weighted by atomic mass is 9.81. The van der Waals surface area contributed by atoms with Crippen LogP contribution < -0.4 is 10.6 Å². The van der Waals surface area contributed by atoms with E-state index < -0.39 is 0 Å². The molecule has 2 aliphatic rings. The summed E-state index contributed by atoms with van der Waals surface area (Å²) in [7, 11) is 0. The molecule has 2 N–H and O–H groups in total. The first-order chi connectivity index (χ1) is 10.5. The molecule has 4 heteroatoms. The molecule has 0 aromatic rings. The maximum Gasteiger partial charge on any atom is 0.139 e. The van der Waals surface area contributed by atoms with Gasteiger partial charge in [-0.2, -0.15) is 0 Å². The first kappa shape index (κ1) is 17.6. The standard InChI is InChI=1S/C18H32N2O2/c1-12(2)17(21)15-4-5-16(20-11-15)10-13(3)18(22)14-6-8-19-9-7-14/h12-16,19-20H,4-11H2,1-3H3. The van der Waals surface area contributed by atoms with Crippen molar-refractivity contribution < 1.29 is 9.59 Å². The number of ketones is 2. The Morgan fingerprint density at radius 1 is 0.955 bits per heavy atom. The Labute approximate surface area is 134 Å². The zero-order valence-corrected chi connectivity index (χ0v) is 14.4. The molecule has 0 bridgehead atoms. The minimum absolute atomic E-state index is 0.128. The summed E-state index contributed by atoms with van der Waals surface area (Å²) in [5.74, 6) is 1.52. The van der Waals surface area contributed by atoms with Crippen molar-refractivity contribution in [3.63, 3.8) is 0 Å². The lowest BCUT2D eigenvalue weighted by Gasteiger charge is -2.32. The van der Waals surface area contributed by atoms with E-state index in [1.54, 1.807) is 0 Å². The summed E-state index contributed by atoms with van der Waals surface area (Å²) in [4.78, 5) is 24.6. The first-order valence-corrected chi connectivity index (χ1v) is 9.00. The summed E-state index contributed by atoms with van der Waals surface area (Å²) in [6.45, 7) is 8.78. The largest absolute Gasteiger partial charge is 0.317 e. The van der Waals surface area contributed by atoms with E-state index in [-0.39, 0.29) is 23.7 Å². The van der Waals surface area contributed by atoms with Crippen LogP contribution in [0.1, 0.15) is 52.9 Å². The molecule has 3 unspecified atom stereocenters. The van der Waals surface area contributed by atoms with Gasteiger partial charge in [0.2, 0.25) is 0 Å². The number of nitrogens with one attached hydrogen (secondary N) is 2. The minimum atomic E-state index is 0.128. The summed E-state index contributed by atoms with van der Waals surface area (Å²) in [6, 6.07) is 0.400. The van der Waals surface area contributed by atoms with Gasteiger partial charge in [-0.05, 0) is 45.2 Å². The summed E-state index contributed by atoms with van der Waals surface area (Å²) in [5, 5.41) is 6.83. The van der Waals surface area contributed by atoms with Crippen molar-refractivity contribution in [2.75, 3.05) is 19.6 Å². The highest BCUT2D eigenvalue weighted by molar-refractivity contribution is 5.83. The highest BCUT2D eigenvalue weighted by Crippen LogP contribution is 2.25. The van der Waals surface area contributed by atoms with Gasteiger partial charge in [0, 0.05) is 36.3 Å². The van der Waals surface area contributed by atoms with Crippen LogP contribution in [0.4, 0.5) is 0 Å². The zero-order chi connectivity index (χ0) is 16.1. The van der Waals surface area contributed by atoms with Gasteiger partial charge < -0.3 is 10.6 Å². The van der Waals surface area contributed by atoms with Gasteiger partial charge in [-0.3, -0.25) is 9.59 Å². The van der Waals surface area contributed by atoms with E-state index >= 15 is 0 Å². The van der Waals surface area contributed by atoms with E-state index in [0.717, 1.165) is 51.7 Å². The molecule has 3 atom stereocenters. The Kier molecular flexibility index (Phi) is 6.57. The maximum atomic E-state index is 12.5. The molecule has 4 nitrogen and oxygen atoms in total. The van der Waals surface area contributed by atoms with Gasteiger partial charge in [0.1, 0.15) is 11.6 Å². The van der Waals surface area contributed by atoms with E-state index in [0.29, 0.717) is 17.6 Å². The van der Waals surface area contributed by atoms with Crippen molar-refractivity contribution in [2.45, 2.75) is 58.9 Å². The molecular formula is C18H32N2O2. The molecule has 2 rings (SSSR count). The fourth-order valence-electron chi connectivity index (χ4n) is 3.88. The molecular weight excluding hydrogens is 276 g/mol. The van der Waals surface area contributed by atoms with E-state index in [4.69, 9.17) is 0 Å². The van der Waals surface area contributed by atoms with Crippen LogP contribution in [-0.2, 0) is 9.59 Å². The molecule has 2 fully saturated rings. The van der Waals surface area contributed by atoms with Gasteiger partial charge in [-0.15, -0.1) is 0 Å². The van der Waals surface area contributed by atoms with Crippen molar-refractivity contribution in [1.29, 1.82) is 0 Å². The van der Waals surface area contributed by atoms with Crippen molar-refractivity contribution >= 4 is 11.6 Å². The minimum Gasteiger partial charge on any atom is -0.317 e. The molecule has 0 aliphatic carbocycles. The first-order valence-electron chi connectivity index (χ1n) is 9.00. The SMILES string of the molecule is CC(C)C(=O)C1CCC(CC(C)C(=O)C2CCNCC2)NC1. The number of hydrogen-bond acceptors (Lipinski definition) is 4. The van der Waals surface area contributed by atoms with Gasteiger partial charge in [-0.25, -0.2) is 0 Å². The third kappa shape index (κ3) is 4.63. The molecule has 2 aliphatic heterocycles. The predicted molar refractivity (Wildman–Crippen MR) is 88.7 cm³/mol. The smallest absolute Gasteiger partial charge is 0.139 e. The lowest BCUT2D eigenvalue weighted by Crippen LogP contribution is -2.44. The Balaban J connectivity index is 1.75. The molecule has 2 heterocycles. The van der Waals surface area contributed by atoms with Gasteiger partial charge >= 0.3 is 0 Å². The summed E-state index contributed by atoms with van der Waals surface area (Å²) in [5.41, 5.74) is 0. The van der Waals surface area contributed by atoms with E-state index in [1.165, 1.54) is 0 Å². The molecule has 0 radical (unpaired) electrons. The van der Waals surface area contributed by atoms with Gasteiger partial charge in [0.05, 0.1) is 0 Å². The quantitative estimate of drug-likeness (QED) is 0.789. The van der Waals surface area contributed by atoms with Crippen LogP contribution in [0.3, 0.4) is 0 Å². The molecule has 0 aromatic carbocycles. The molecule has 0 saturated carbocycles. The Morgan fingerprint density at radius 3 is 2.18 bits per heavy atom. The topological polar surface area (TPSA) is 58.2 Å². The highest BCUT2D eigenvalue weighted by atomic mass is 16.1. The van der Waals surface area contributed by atoms with Crippen molar-refractivity contribution in [3.8, 4) is 0 Å². The number of rotatable bonds is 6. The molecule has 126 valence electrons. The van der Waals surface area contributed by atoms with Crippen molar-refractivity contribution in [1.82, 2.24) is 10.6 Å². The van der Waals surface area contributed by atoms with Crippen LogP contribution >= 0.6 is 0 Å². The second kappa shape index (κ2) is 8.21. The number of hydrogen-bond donors (Lipinski definition) is 2. The molecule has 22 heavy (non-hydrogen) atoms. The Hall–Kier alpha value is -0.740. The number of carbonyl (C=O) groups is 2. The maximum absolute atomic E-state index is 12.5. The third-order valence-electron chi connectivity index (χ3n) is 5.35. The normalized spacial score (nSPS) is 28.5. The van der Waals surface area contributed by atoms with Crippen LogP contribution in [-0.4, -0.2) is 37.2 Å². The van der Waals surface area contributed by atoms with Crippen molar-refractivity contribution in [3.05, 3.63) is 0 Å². The van der Waals surface area contributed by atoms with Crippen molar-refractivity contribution in [2.24, 2.45) is 23.7 Å².